The van der Waals surface area contributed by atoms with Crippen LogP contribution in [0.2, 0.25) is 0 Å². The van der Waals surface area contributed by atoms with Crippen molar-refractivity contribution in [2.45, 2.75) is 25.7 Å². The SMILES string of the molecule is O=C(c1cc(-c2ccccn2)nc2cc(F)ccc12)N1CCCCCC1. The molecule has 0 saturated carbocycles. The first-order valence-corrected chi connectivity index (χ1v) is 9.03. The van der Waals surface area contributed by atoms with Crippen LogP contribution in [0.25, 0.3) is 22.3 Å². The zero-order chi connectivity index (χ0) is 17.9. The molecule has 0 radical (unpaired) electrons. The van der Waals surface area contributed by atoms with Gasteiger partial charge in [0, 0.05) is 30.7 Å². The van der Waals surface area contributed by atoms with E-state index in [9.17, 15) is 9.18 Å². The minimum absolute atomic E-state index is 0.0110. The first-order valence-electron chi connectivity index (χ1n) is 9.03. The molecule has 132 valence electrons. The number of nitrogens with zero attached hydrogens (tertiary/aromatic N) is 3. The van der Waals surface area contributed by atoms with Crippen molar-refractivity contribution in [1.82, 2.24) is 14.9 Å². The van der Waals surface area contributed by atoms with Crippen molar-refractivity contribution in [2.24, 2.45) is 0 Å². The number of halogens is 1. The third-order valence-electron chi connectivity index (χ3n) is 4.82. The van der Waals surface area contributed by atoms with Crippen LogP contribution in [-0.4, -0.2) is 33.9 Å². The molecule has 5 heteroatoms. The summed E-state index contributed by atoms with van der Waals surface area (Å²) in [6.07, 6.45) is 6.05. The Morgan fingerprint density at radius 1 is 0.962 bits per heavy atom. The topological polar surface area (TPSA) is 46.1 Å². The highest BCUT2D eigenvalue weighted by Gasteiger charge is 2.21. The van der Waals surface area contributed by atoms with E-state index in [1.807, 2.05) is 23.1 Å². The van der Waals surface area contributed by atoms with Crippen LogP contribution >= 0.6 is 0 Å². The Hall–Kier alpha value is -2.82. The molecule has 0 N–H and O–H groups in total. The average Bonchev–Trinajstić information content (AvgIpc) is 2.96. The molecule has 2 aromatic heterocycles. The molecule has 3 aromatic rings. The summed E-state index contributed by atoms with van der Waals surface area (Å²) in [4.78, 5) is 24.0. The first-order chi connectivity index (χ1) is 12.7. The summed E-state index contributed by atoms with van der Waals surface area (Å²) in [7, 11) is 0. The summed E-state index contributed by atoms with van der Waals surface area (Å²) in [6, 6.07) is 11.7. The number of rotatable bonds is 2. The molecule has 1 saturated heterocycles. The van der Waals surface area contributed by atoms with Gasteiger partial charge in [-0.2, -0.15) is 0 Å². The minimum Gasteiger partial charge on any atom is -0.339 e. The molecular formula is C21H20FN3O. The van der Waals surface area contributed by atoms with Crippen LogP contribution < -0.4 is 0 Å². The van der Waals surface area contributed by atoms with Crippen molar-refractivity contribution < 1.29 is 9.18 Å². The fourth-order valence-corrected chi connectivity index (χ4v) is 3.47. The van der Waals surface area contributed by atoms with Crippen LogP contribution in [0.15, 0.2) is 48.7 Å². The lowest BCUT2D eigenvalue weighted by Gasteiger charge is -2.21. The van der Waals surface area contributed by atoms with Gasteiger partial charge in [-0.15, -0.1) is 0 Å². The zero-order valence-corrected chi connectivity index (χ0v) is 14.5. The summed E-state index contributed by atoms with van der Waals surface area (Å²) < 4.78 is 13.8. The van der Waals surface area contributed by atoms with Crippen molar-refractivity contribution in [3.8, 4) is 11.4 Å². The van der Waals surface area contributed by atoms with E-state index in [2.05, 4.69) is 9.97 Å². The number of carbonyl (C=O) groups is 1. The van der Waals surface area contributed by atoms with Gasteiger partial charge < -0.3 is 4.90 Å². The molecule has 1 aromatic carbocycles. The van der Waals surface area contributed by atoms with Crippen molar-refractivity contribution in [1.29, 1.82) is 0 Å². The van der Waals surface area contributed by atoms with E-state index < -0.39 is 0 Å². The van der Waals surface area contributed by atoms with Crippen molar-refractivity contribution in [3.05, 3.63) is 60.0 Å². The zero-order valence-electron chi connectivity index (χ0n) is 14.5. The monoisotopic (exact) mass is 349 g/mol. The summed E-state index contributed by atoms with van der Waals surface area (Å²) in [5, 5.41) is 0.681. The number of pyridine rings is 2. The Labute approximate surface area is 151 Å². The Morgan fingerprint density at radius 2 is 1.77 bits per heavy atom. The highest BCUT2D eigenvalue weighted by atomic mass is 19.1. The lowest BCUT2D eigenvalue weighted by molar-refractivity contribution is 0.0763. The lowest BCUT2D eigenvalue weighted by Crippen LogP contribution is -2.32. The molecule has 1 aliphatic rings. The quantitative estimate of drug-likeness (QED) is 0.686. The van der Waals surface area contributed by atoms with E-state index in [1.165, 1.54) is 12.1 Å². The third-order valence-corrected chi connectivity index (χ3v) is 4.82. The van der Waals surface area contributed by atoms with Crippen molar-refractivity contribution >= 4 is 16.8 Å². The summed E-state index contributed by atoms with van der Waals surface area (Å²) in [5.74, 6) is -0.376. The summed E-state index contributed by atoms with van der Waals surface area (Å²) in [6.45, 7) is 1.53. The maximum atomic E-state index is 13.8. The molecule has 0 bridgehead atoms. The van der Waals surface area contributed by atoms with E-state index in [0.29, 0.717) is 27.9 Å². The Bertz CT molecular complexity index is 935. The van der Waals surface area contributed by atoms with E-state index >= 15 is 0 Å². The summed E-state index contributed by atoms with van der Waals surface area (Å²) >= 11 is 0. The average molecular weight is 349 g/mol. The Kier molecular flexibility index (Phi) is 4.61. The van der Waals surface area contributed by atoms with E-state index in [-0.39, 0.29) is 11.7 Å². The smallest absolute Gasteiger partial charge is 0.254 e. The molecule has 0 unspecified atom stereocenters. The van der Waals surface area contributed by atoms with Crippen LogP contribution in [0, 0.1) is 5.82 Å². The van der Waals surface area contributed by atoms with E-state index in [1.54, 1.807) is 18.3 Å². The van der Waals surface area contributed by atoms with Crippen molar-refractivity contribution in [2.75, 3.05) is 13.1 Å². The molecule has 1 amide bonds. The lowest BCUT2D eigenvalue weighted by atomic mass is 10.0. The second-order valence-corrected chi connectivity index (χ2v) is 6.64. The molecule has 0 aliphatic carbocycles. The van der Waals surface area contributed by atoms with Crippen molar-refractivity contribution in [3.63, 3.8) is 0 Å². The number of fused-ring (bicyclic) bond motifs is 1. The molecule has 4 nitrogen and oxygen atoms in total. The van der Waals surface area contributed by atoms with Gasteiger partial charge in [-0.1, -0.05) is 18.9 Å². The number of hydrogen-bond donors (Lipinski definition) is 0. The summed E-state index contributed by atoms with van der Waals surface area (Å²) in [5.41, 5.74) is 2.30. The second-order valence-electron chi connectivity index (χ2n) is 6.64. The van der Waals surface area contributed by atoms with Crippen LogP contribution in [0.5, 0.6) is 0 Å². The van der Waals surface area contributed by atoms with Gasteiger partial charge in [-0.3, -0.25) is 9.78 Å². The van der Waals surface area contributed by atoms with Crippen LogP contribution in [-0.2, 0) is 0 Å². The van der Waals surface area contributed by atoms with E-state index in [0.717, 1.165) is 38.8 Å². The van der Waals surface area contributed by atoms with Crippen LogP contribution in [0.4, 0.5) is 4.39 Å². The fraction of sp³-hybridized carbons (Fsp3) is 0.286. The maximum absolute atomic E-state index is 13.8. The number of amides is 1. The molecular weight excluding hydrogens is 329 g/mol. The molecule has 0 spiro atoms. The van der Waals surface area contributed by atoms with E-state index in [4.69, 9.17) is 0 Å². The minimum atomic E-state index is -0.364. The molecule has 26 heavy (non-hydrogen) atoms. The maximum Gasteiger partial charge on any atom is 0.254 e. The number of aromatic nitrogens is 2. The standard InChI is InChI=1S/C21H20FN3O/c22-15-8-9-16-17(21(26)25-11-5-1-2-6-12-25)14-20(24-19(16)13-15)18-7-3-4-10-23-18/h3-4,7-10,13-14H,1-2,5-6,11-12H2. The normalized spacial score (nSPS) is 15.0. The van der Waals surface area contributed by atoms with Gasteiger partial charge in [0.05, 0.1) is 22.5 Å². The van der Waals surface area contributed by atoms with Crippen LogP contribution in [0.1, 0.15) is 36.0 Å². The number of likely N-dealkylation sites (tertiary alicyclic amines) is 1. The van der Waals surface area contributed by atoms with Crippen LogP contribution in [0.3, 0.4) is 0 Å². The predicted octanol–water partition coefficient (Wildman–Crippen LogP) is 4.45. The van der Waals surface area contributed by atoms with Gasteiger partial charge >= 0.3 is 0 Å². The molecule has 3 heterocycles. The number of hydrogen-bond acceptors (Lipinski definition) is 3. The Morgan fingerprint density at radius 3 is 2.50 bits per heavy atom. The highest BCUT2D eigenvalue weighted by Crippen LogP contribution is 2.26. The predicted molar refractivity (Wildman–Crippen MR) is 99.3 cm³/mol. The van der Waals surface area contributed by atoms with Gasteiger partial charge in [0.1, 0.15) is 5.82 Å². The van der Waals surface area contributed by atoms with Gasteiger partial charge in [0.25, 0.3) is 5.91 Å². The van der Waals surface area contributed by atoms with Gasteiger partial charge in [0.15, 0.2) is 0 Å². The molecule has 1 fully saturated rings. The largest absolute Gasteiger partial charge is 0.339 e. The number of carbonyl (C=O) groups excluding carboxylic acids is 1. The Balaban J connectivity index is 1.85. The molecule has 4 rings (SSSR count). The molecule has 1 aliphatic heterocycles. The fourth-order valence-electron chi connectivity index (χ4n) is 3.47. The van der Waals surface area contributed by atoms with Gasteiger partial charge in [0.2, 0.25) is 0 Å². The molecule has 0 atom stereocenters. The van der Waals surface area contributed by atoms with Gasteiger partial charge in [-0.25, -0.2) is 9.37 Å². The number of benzene rings is 1. The third kappa shape index (κ3) is 3.29. The van der Waals surface area contributed by atoms with Gasteiger partial charge in [-0.05, 0) is 43.2 Å². The second kappa shape index (κ2) is 7.20. The first kappa shape index (κ1) is 16.6. The highest BCUT2D eigenvalue weighted by molar-refractivity contribution is 6.07.